The highest BCUT2D eigenvalue weighted by Crippen LogP contribution is 2.36. The largest absolute Gasteiger partial charge is 0.208 e. The van der Waals surface area contributed by atoms with Crippen molar-refractivity contribution in [3.05, 3.63) is 224 Å². The van der Waals surface area contributed by atoms with Gasteiger partial charge in [-0.15, -0.1) is 0 Å². The molecule has 0 saturated heterocycles. The van der Waals surface area contributed by atoms with Crippen LogP contribution >= 0.6 is 0 Å². The Morgan fingerprint density at radius 1 is 0.200 bits per heavy atom. The highest BCUT2D eigenvalue weighted by atomic mass is 15.0. The molecular weight excluding hydrogens is 727 g/mol. The fraction of sp³-hybridized carbons (Fsp3) is 0. The van der Waals surface area contributed by atoms with E-state index in [2.05, 4.69) is 218 Å². The van der Waals surface area contributed by atoms with Crippen LogP contribution in [0.25, 0.3) is 111 Å². The minimum Gasteiger partial charge on any atom is -0.208 e. The van der Waals surface area contributed by atoms with Crippen LogP contribution < -0.4 is 0 Å². The lowest BCUT2D eigenvalue weighted by Crippen LogP contribution is -2.01. The van der Waals surface area contributed by atoms with E-state index in [9.17, 15) is 0 Å². The van der Waals surface area contributed by atoms with E-state index in [1.54, 1.807) is 0 Å². The van der Waals surface area contributed by atoms with Gasteiger partial charge in [-0.2, -0.15) is 0 Å². The summed E-state index contributed by atoms with van der Waals surface area (Å²) in [6.07, 6.45) is 0. The van der Waals surface area contributed by atoms with Crippen molar-refractivity contribution in [1.29, 1.82) is 0 Å². The summed E-state index contributed by atoms with van der Waals surface area (Å²) >= 11 is 0. The first-order valence-corrected chi connectivity index (χ1v) is 20.3. The molecule has 11 aromatic rings. The van der Waals surface area contributed by atoms with Crippen molar-refractivity contribution in [3.8, 4) is 78.7 Å². The van der Waals surface area contributed by atoms with Crippen molar-refractivity contribution in [2.24, 2.45) is 0 Å². The number of hydrogen-bond donors (Lipinski definition) is 0. The van der Waals surface area contributed by atoms with Crippen molar-refractivity contribution in [3.63, 3.8) is 0 Å². The van der Waals surface area contributed by atoms with Gasteiger partial charge >= 0.3 is 0 Å². The highest BCUT2D eigenvalue weighted by molar-refractivity contribution is 6.01. The van der Waals surface area contributed by atoms with Crippen molar-refractivity contribution < 1.29 is 0 Å². The topological polar surface area (TPSA) is 38.7 Å². The van der Waals surface area contributed by atoms with Crippen LogP contribution in [0.5, 0.6) is 0 Å². The molecule has 0 aliphatic heterocycles. The highest BCUT2D eigenvalue weighted by Gasteiger charge is 2.17. The second-order valence-electron chi connectivity index (χ2n) is 15.2. The number of fused-ring (bicyclic) bond motifs is 3. The molecule has 0 bridgehead atoms. The first-order valence-electron chi connectivity index (χ1n) is 20.3. The second kappa shape index (κ2) is 15.1. The molecule has 0 saturated carbocycles. The molecule has 0 atom stereocenters. The van der Waals surface area contributed by atoms with Crippen LogP contribution in [0, 0.1) is 0 Å². The van der Waals surface area contributed by atoms with Gasteiger partial charge in [0.25, 0.3) is 0 Å². The van der Waals surface area contributed by atoms with Gasteiger partial charge in [0.2, 0.25) is 0 Å². The SMILES string of the molecule is c1ccc(-c2ccc(-c3cccc(-c4nc(-c5ccc6c(-c7ccc8ccccc8c7)cccc6c5)nc(-c5cccc6ccc(-c7ccccc7)cc56)n4)c3)cc2)cc1. The molecule has 0 N–H and O–H groups in total. The summed E-state index contributed by atoms with van der Waals surface area (Å²) in [5.41, 5.74) is 12.1. The molecule has 0 unspecified atom stereocenters. The predicted octanol–water partition coefficient (Wildman–Crippen LogP) is 15.0. The minimum absolute atomic E-state index is 0.624. The van der Waals surface area contributed by atoms with Gasteiger partial charge in [-0.1, -0.05) is 200 Å². The third-order valence-electron chi connectivity index (χ3n) is 11.5. The Hall–Kier alpha value is -8.01. The molecule has 280 valence electrons. The third kappa shape index (κ3) is 6.68. The summed E-state index contributed by atoms with van der Waals surface area (Å²) in [6, 6.07) is 79.6. The van der Waals surface area contributed by atoms with Gasteiger partial charge in [-0.05, 0) is 101 Å². The first kappa shape index (κ1) is 35.2. The average Bonchev–Trinajstić information content (AvgIpc) is 3.33. The van der Waals surface area contributed by atoms with Crippen molar-refractivity contribution in [2.45, 2.75) is 0 Å². The summed E-state index contributed by atoms with van der Waals surface area (Å²) < 4.78 is 0. The summed E-state index contributed by atoms with van der Waals surface area (Å²) in [5.74, 6) is 1.88. The third-order valence-corrected chi connectivity index (χ3v) is 11.5. The predicted molar refractivity (Wildman–Crippen MR) is 250 cm³/mol. The zero-order chi connectivity index (χ0) is 39.8. The Labute approximate surface area is 349 Å². The molecule has 11 rings (SSSR count). The molecule has 0 radical (unpaired) electrons. The number of hydrogen-bond acceptors (Lipinski definition) is 3. The van der Waals surface area contributed by atoms with Gasteiger partial charge in [0.05, 0.1) is 0 Å². The molecule has 0 aliphatic carbocycles. The Morgan fingerprint density at radius 2 is 0.650 bits per heavy atom. The van der Waals surface area contributed by atoms with Gasteiger partial charge < -0.3 is 0 Å². The Morgan fingerprint density at radius 3 is 1.42 bits per heavy atom. The van der Waals surface area contributed by atoms with Crippen molar-refractivity contribution in [1.82, 2.24) is 15.0 Å². The summed E-state index contributed by atoms with van der Waals surface area (Å²) in [7, 11) is 0. The standard InChI is InChI=1S/C57H37N3/c1-3-12-38(13-4-1)41-24-26-42(27-25-41)45-19-9-21-49(35-45)55-58-56(60-57(59-55)53-23-10-18-43-29-30-46(37-54(43)53)39-14-5-2-6-15-39)50-32-33-52-47(36-50)20-11-22-51(52)48-31-28-40-16-7-8-17-44(40)34-48/h1-37H. The Kier molecular flexibility index (Phi) is 8.83. The maximum absolute atomic E-state index is 5.27. The van der Waals surface area contributed by atoms with Crippen molar-refractivity contribution in [2.75, 3.05) is 0 Å². The van der Waals surface area contributed by atoms with E-state index in [0.29, 0.717) is 17.5 Å². The van der Waals surface area contributed by atoms with Crippen LogP contribution in [0.3, 0.4) is 0 Å². The van der Waals surface area contributed by atoms with Crippen molar-refractivity contribution >= 4 is 32.3 Å². The fourth-order valence-electron chi connectivity index (χ4n) is 8.39. The van der Waals surface area contributed by atoms with E-state index >= 15 is 0 Å². The lowest BCUT2D eigenvalue weighted by Gasteiger charge is -2.13. The molecular formula is C57H37N3. The molecule has 10 aromatic carbocycles. The second-order valence-corrected chi connectivity index (χ2v) is 15.2. The summed E-state index contributed by atoms with van der Waals surface area (Å²) in [4.78, 5) is 15.8. The van der Waals surface area contributed by atoms with Crippen LogP contribution in [-0.2, 0) is 0 Å². The van der Waals surface area contributed by atoms with Crippen LogP contribution in [0.1, 0.15) is 0 Å². The lowest BCUT2D eigenvalue weighted by atomic mass is 9.95. The van der Waals surface area contributed by atoms with Gasteiger partial charge in [0.15, 0.2) is 17.5 Å². The minimum atomic E-state index is 0.624. The zero-order valence-corrected chi connectivity index (χ0v) is 32.7. The molecule has 60 heavy (non-hydrogen) atoms. The molecule has 1 aromatic heterocycles. The maximum atomic E-state index is 5.27. The van der Waals surface area contributed by atoms with Crippen LogP contribution in [0.4, 0.5) is 0 Å². The van der Waals surface area contributed by atoms with Gasteiger partial charge in [-0.3, -0.25) is 0 Å². The van der Waals surface area contributed by atoms with E-state index in [0.717, 1.165) is 49.5 Å². The number of benzene rings is 10. The Balaban J connectivity index is 1.05. The molecule has 1 heterocycles. The van der Waals surface area contributed by atoms with E-state index in [4.69, 9.17) is 15.0 Å². The first-order chi connectivity index (χ1) is 29.7. The quantitative estimate of drug-likeness (QED) is 0.162. The van der Waals surface area contributed by atoms with E-state index in [1.165, 1.54) is 44.0 Å². The molecule has 0 amide bonds. The van der Waals surface area contributed by atoms with Gasteiger partial charge in [-0.25, -0.2) is 15.0 Å². The monoisotopic (exact) mass is 763 g/mol. The zero-order valence-electron chi connectivity index (χ0n) is 32.7. The van der Waals surface area contributed by atoms with Gasteiger partial charge in [0.1, 0.15) is 0 Å². The van der Waals surface area contributed by atoms with Crippen LogP contribution in [0.15, 0.2) is 224 Å². The smallest absolute Gasteiger partial charge is 0.164 e. The number of rotatable bonds is 7. The van der Waals surface area contributed by atoms with Gasteiger partial charge in [0, 0.05) is 16.7 Å². The summed E-state index contributed by atoms with van der Waals surface area (Å²) in [6.45, 7) is 0. The van der Waals surface area contributed by atoms with E-state index in [1.807, 2.05) is 6.07 Å². The molecule has 0 spiro atoms. The molecule has 0 fully saturated rings. The normalized spacial score (nSPS) is 11.3. The van der Waals surface area contributed by atoms with E-state index < -0.39 is 0 Å². The van der Waals surface area contributed by atoms with Crippen LogP contribution in [0.2, 0.25) is 0 Å². The lowest BCUT2D eigenvalue weighted by molar-refractivity contribution is 1.08. The average molecular weight is 764 g/mol. The maximum Gasteiger partial charge on any atom is 0.164 e. The molecule has 3 heteroatoms. The van der Waals surface area contributed by atoms with Crippen LogP contribution in [-0.4, -0.2) is 15.0 Å². The summed E-state index contributed by atoms with van der Waals surface area (Å²) in [5, 5.41) is 6.99. The Bertz CT molecular complexity index is 3360. The van der Waals surface area contributed by atoms with E-state index in [-0.39, 0.29) is 0 Å². The number of nitrogens with zero attached hydrogens (tertiary/aromatic N) is 3. The fourth-order valence-corrected chi connectivity index (χ4v) is 8.39. The number of aromatic nitrogens is 3. The molecule has 0 aliphatic rings. The molecule has 3 nitrogen and oxygen atoms in total.